The molecule has 6 nitrogen and oxygen atoms in total. The number of hydrogen-bond acceptors (Lipinski definition) is 4. The molecule has 2 aromatic carbocycles. The van der Waals surface area contributed by atoms with Gasteiger partial charge in [-0.05, 0) is 36.6 Å². The van der Waals surface area contributed by atoms with Crippen LogP contribution in [0.4, 0.5) is 0 Å². The maximum Gasteiger partial charge on any atom is 0.225 e. The highest BCUT2D eigenvalue weighted by molar-refractivity contribution is 5.80. The van der Waals surface area contributed by atoms with Gasteiger partial charge in [0.25, 0.3) is 0 Å². The van der Waals surface area contributed by atoms with Gasteiger partial charge in [-0.3, -0.25) is 9.59 Å². The molecule has 2 atom stereocenters. The Hall–Kier alpha value is -3.02. The fourth-order valence-electron chi connectivity index (χ4n) is 3.96. The van der Waals surface area contributed by atoms with Crippen LogP contribution < -0.4 is 14.8 Å². The molecule has 3 rings (SSSR count). The van der Waals surface area contributed by atoms with Gasteiger partial charge in [0.15, 0.2) is 0 Å². The summed E-state index contributed by atoms with van der Waals surface area (Å²) in [5.41, 5.74) is 1.87. The fraction of sp³-hybridized carbons (Fsp3) is 0.391. The van der Waals surface area contributed by atoms with Crippen molar-refractivity contribution < 1.29 is 19.1 Å². The molecule has 1 saturated heterocycles. The summed E-state index contributed by atoms with van der Waals surface area (Å²) >= 11 is 0. The lowest BCUT2D eigenvalue weighted by atomic mass is 10.0. The Bertz CT molecular complexity index is 853. The van der Waals surface area contributed by atoms with Crippen LogP contribution in [0.2, 0.25) is 0 Å². The van der Waals surface area contributed by atoms with E-state index in [1.54, 1.807) is 14.2 Å². The first-order chi connectivity index (χ1) is 14.0. The van der Waals surface area contributed by atoms with E-state index in [0.29, 0.717) is 6.54 Å². The number of carbonyl (C=O) groups is 2. The first kappa shape index (κ1) is 20.7. The summed E-state index contributed by atoms with van der Waals surface area (Å²) in [7, 11) is 3.26. The maximum atomic E-state index is 13.3. The lowest BCUT2D eigenvalue weighted by molar-refractivity contribution is -0.133. The summed E-state index contributed by atoms with van der Waals surface area (Å²) in [4.78, 5) is 26.9. The van der Waals surface area contributed by atoms with E-state index in [-0.39, 0.29) is 30.3 Å². The van der Waals surface area contributed by atoms with E-state index in [2.05, 4.69) is 5.32 Å². The van der Waals surface area contributed by atoms with Gasteiger partial charge in [0.1, 0.15) is 11.5 Å². The highest BCUT2D eigenvalue weighted by atomic mass is 16.5. The summed E-state index contributed by atoms with van der Waals surface area (Å²) in [5, 5.41) is 2.91. The van der Waals surface area contributed by atoms with Crippen molar-refractivity contribution in [3.63, 3.8) is 0 Å². The molecule has 0 aliphatic carbocycles. The normalized spacial score (nSPS) is 16.9. The van der Waals surface area contributed by atoms with Crippen LogP contribution >= 0.6 is 0 Å². The van der Waals surface area contributed by atoms with Crippen LogP contribution in [0.5, 0.6) is 11.5 Å². The van der Waals surface area contributed by atoms with E-state index in [1.807, 2.05) is 53.4 Å². The Morgan fingerprint density at radius 3 is 2.55 bits per heavy atom. The number of benzene rings is 2. The fourth-order valence-corrected chi connectivity index (χ4v) is 3.96. The first-order valence-corrected chi connectivity index (χ1v) is 9.87. The molecule has 1 aliphatic rings. The minimum absolute atomic E-state index is 0.0139. The molecule has 0 bridgehead atoms. The summed E-state index contributed by atoms with van der Waals surface area (Å²) in [6.07, 6.45) is 2.00. The van der Waals surface area contributed by atoms with Gasteiger partial charge in [-0.15, -0.1) is 0 Å². The van der Waals surface area contributed by atoms with Crippen LogP contribution in [0.1, 0.15) is 49.4 Å². The van der Waals surface area contributed by atoms with Crippen LogP contribution in [0, 0.1) is 0 Å². The molecule has 1 aliphatic heterocycles. The van der Waals surface area contributed by atoms with E-state index >= 15 is 0 Å². The predicted octanol–water partition coefficient (Wildman–Crippen LogP) is 3.63. The number of nitrogens with zero attached hydrogens (tertiary/aromatic N) is 1. The van der Waals surface area contributed by atoms with E-state index in [4.69, 9.17) is 9.47 Å². The second-order valence-electron chi connectivity index (χ2n) is 7.22. The number of likely N-dealkylation sites (tertiary alicyclic amines) is 1. The maximum absolute atomic E-state index is 13.3. The molecule has 1 heterocycles. The second kappa shape index (κ2) is 9.45. The van der Waals surface area contributed by atoms with Crippen molar-refractivity contribution in [2.24, 2.45) is 0 Å². The van der Waals surface area contributed by atoms with Gasteiger partial charge in [-0.1, -0.05) is 30.3 Å². The Balaban J connectivity index is 1.83. The molecule has 0 saturated carbocycles. The quantitative estimate of drug-likeness (QED) is 0.776. The van der Waals surface area contributed by atoms with Crippen molar-refractivity contribution >= 4 is 11.8 Å². The van der Waals surface area contributed by atoms with Crippen molar-refractivity contribution in [2.45, 2.75) is 38.3 Å². The van der Waals surface area contributed by atoms with Crippen LogP contribution in [-0.4, -0.2) is 37.5 Å². The Kier molecular flexibility index (Phi) is 6.75. The molecule has 154 valence electrons. The number of carbonyl (C=O) groups excluding carboxylic acids is 2. The van der Waals surface area contributed by atoms with Crippen LogP contribution in [0.3, 0.4) is 0 Å². The predicted molar refractivity (Wildman–Crippen MR) is 111 cm³/mol. The summed E-state index contributed by atoms with van der Waals surface area (Å²) in [6, 6.07) is 14.9. The van der Waals surface area contributed by atoms with Gasteiger partial charge >= 0.3 is 0 Å². The molecule has 0 aromatic heterocycles. The first-order valence-electron chi connectivity index (χ1n) is 9.87. The number of ether oxygens (including phenoxy) is 2. The van der Waals surface area contributed by atoms with Gasteiger partial charge in [-0.2, -0.15) is 0 Å². The van der Waals surface area contributed by atoms with Crippen LogP contribution in [0.15, 0.2) is 48.5 Å². The largest absolute Gasteiger partial charge is 0.497 e. The van der Waals surface area contributed by atoms with Crippen molar-refractivity contribution in [1.82, 2.24) is 10.2 Å². The van der Waals surface area contributed by atoms with Crippen molar-refractivity contribution in [3.8, 4) is 11.5 Å². The highest BCUT2D eigenvalue weighted by Gasteiger charge is 2.33. The van der Waals surface area contributed by atoms with Gasteiger partial charge < -0.3 is 19.7 Å². The van der Waals surface area contributed by atoms with E-state index in [0.717, 1.165) is 35.5 Å². The van der Waals surface area contributed by atoms with E-state index in [9.17, 15) is 9.59 Å². The number of amides is 2. The zero-order valence-electron chi connectivity index (χ0n) is 17.2. The van der Waals surface area contributed by atoms with Crippen molar-refractivity contribution in [3.05, 3.63) is 59.7 Å². The standard InChI is InChI=1S/C23H28N2O4/c1-16(26)24-20(17-8-5-4-6-9-17)15-23(27)25-13-7-10-21(25)19-14-18(28-2)11-12-22(19)29-3/h4-6,8-9,11-12,14,20-21H,7,10,13,15H2,1-3H3,(H,24,26). The molecule has 0 spiro atoms. The summed E-state index contributed by atoms with van der Waals surface area (Å²) in [5.74, 6) is 1.34. The number of methoxy groups -OCH3 is 2. The average Bonchev–Trinajstić information content (AvgIpc) is 3.23. The Morgan fingerprint density at radius 2 is 1.90 bits per heavy atom. The molecule has 2 unspecified atom stereocenters. The van der Waals surface area contributed by atoms with Crippen LogP contribution in [-0.2, 0) is 9.59 Å². The molecule has 29 heavy (non-hydrogen) atoms. The minimum atomic E-state index is -0.352. The molecule has 1 fully saturated rings. The highest BCUT2D eigenvalue weighted by Crippen LogP contribution is 2.39. The SMILES string of the molecule is COc1ccc(OC)c(C2CCCN2C(=O)CC(NC(C)=O)c2ccccc2)c1. The van der Waals surface area contributed by atoms with Gasteiger partial charge in [0.05, 0.1) is 32.7 Å². The number of hydrogen-bond donors (Lipinski definition) is 1. The Labute approximate surface area is 171 Å². The third-order valence-electron chi connectivity index (χ3n) is 5.33. The van der Waals surface area contributed by atoms with Gasteiger partial charge in [-0.25, -0.2) is 0 Å². The molecule has 6 heteroatoms. The summed E-state index contributed by atoms with van der Waals surface area (Å²) < 4.78 is 10.9. The minimum Gasteiger partial charge on any atom is -0.497 e. The second-order valence-corrected chi connectivity index (χ2v) is 7.22. The lowest BCUT2D eigenvalue weighted by Crippen LogP contribution is -2.35. The average molecular weight is 396 g/mol. The number of rotatable bonds is 7. The zero-order valence-corrected chi connectivity index (χ0v) is 17.2. The lowest BCUT2D eigenvalue weighted by Gasteiger charge is -2.28. The van der Waals surface area contributed by atoms with E-state index < -0.39 is 0 Å². The monoisotopic (exact) mass is 396 g/mol. The van der Waals surface area contributed by atoms with E-state index in [1.165, 1.54) is 6.92 Å². The smallest absolute Gasteiger partial charge is 0.225 e. The molecule has 1 N–H and O–H groups in total. The topological polar surface area (TPSA) is 67.9 Å². The Morgan fingerprint density at radius 1 is 1.14 bits per heavy atom. The van der Waals surface area contributed by atoms with Crippen molar-refractivity contribution in [1.29, 1.82) is 0 Å². The third-order valence-corrected chi connectivity index (χ3v) is 5.33. The molecule has 0 radical (unpaired) electrons. The van der Waals surface area contributed by atoms with Gasteiger partial charge in [0, 0.05) is 19.0 Å². The van der Waals surface area contributed by atoms with Crippen molar-refractivity contribution in [2.75, 3.05) is 20.8 Å². The molecule has 2 amide bonds. The zero-order chi connectivity index (χ0) is 20.8. The number of nitrogens with one attached hydrogen (secondary N) is 1. The third kappa shape index (κ3) is 4.88. The molecule has 2 aromatic rings. The molecular weight excluding hydrogens is 368 g/mol. The van der Waals surface area contributed by atoms with Crippen LogP contribution in [0.25, 0.3) is 0 Å². The molecular formula is C23H28N2O4. The van der Waals surface area contributed by atoms with Gasteiger partial charge in [0.2, 0.25) is 11.8 Å². The summed E-state index contributed by atoms with van der Waals surface area (Å²) in [6.45, 7) is 2.16.